The topological polar surface area (TPSA) is 71.9 Å². The minimum atomic E-state index is -0.443. The lowest BCUT2D eigenvalue weighted by Crippen LogP contribution is -3.17. The first kappa shape index (κ1) is 20.4. The number of benzene rings is 2. The van der Waals surface area contributed by atoms with Gasteiger partial charge in [0.25, 0.3) is 11.8 Å². The highest BCUT2D eigenvalue weighted by atomic mass is 19.1. The van der Waals surface area contributed by atoms with E-state index in [2.05, 4.69) is 10.6 Å². The molecule has 2 atom stereocenters. The Bertz CT molecular complexity index is 763. The molecule has 2 aromatic rings. The summed E-state index contributed by atoms with van der Waals surface area (Å²) >= 11 is 0. The Morgan fingerprint density at radius 1 is 1.04 bits per heavy atom. The summed E-state index contributed by atoms with van der Waals surface area (Å²) in [6, 6.07) is 12.2. The third kappa shape index (κ3) is 6.07. The number of carbonyl (C=O) groups excluding carboxylic acids is 2. The van der Waals surface area contributed by atoms with Crippen LogP contribution in [-0.2, 0) is 9.59 Å². The molecule has 0 radical (unpaired) electrons. The number of likely N-dealkylation sites (N-methyl/N-ethyl adjacent to an activating group) is 1. The monoisotopic (exact) mass is 374 g/mol. The number of hydrogen-bond acceptors (Lipinski definition) is 3. The first-order valence-electron chi connectivity index (χ1n) is 8.77. The third-order valence-corrected chi connectivity index (χ3v) is 4.33. The molecule has 144 valence electrons. The van der Waals surface area contributed by atoms with Gasteiger partial charge in [0.2, 0.25) is 0 Å². The number of rotatable bonds is 8. The summed E-state index contributed by atoms with van der Waals surface area (Å²) in [5.41, 5.74) is 1.19. The van der Waals surface area contributed by atoms with Gasteiger partial charge < -0.3 is 20.3 Å². The van der Waals surface area contributed by atoms with Crippen molar-refractivity contribution in [3.63, 3.8) is 0 Å². The average molecular weight is 374 g/mol. The molecule has 0 aliphatic rings. The summed E-state index contributed by atoms with van der Waals surface area (Å²) in [4.78, 5) is 25.6. The molecule has 3 N–H and O–H groups in total. The van der Waals surface area contributed by atoms with E-state index in [4.69, 9.17) is 4.74 Å². The summed E-state index contributed by atoms with van der Waals surface area (Å²) < 4.78 is 18.0. The van der Waals surface area contributed by atoms with E-state index < -0.39 is 6.04 Å². The van der Waals surface area contributed by atoms with Crippen molar-refractivity contribution >= 4 is 23.2 Å². The van der Waals surface area contributed by atoms with Crippen LogP contribution in [0.1, 0.15) is 13.8 Å². The summed E-state index contributed by atoms with van der Waals surface area (Å²) in [6.45, 7) is 4.44. The molecule has 0 heterocycles. The van der Waals surface area contributed by atoms with Crippen LogP contribution in [0.3, 0.4) is 0 Å². The Kier molecular flexibility index (Phi) is 7.31. The standard InChI is InChI=1S/C20H24FN3O3/c1-4-24(13-19(25)22-16-9-11-18(27-3)12-10-16)14(2)20(26)23-17-7-5-15(21)6-8-17/h5-12,14H,4,13H2,1-3H3,(H,22,25)(H,23,26)/p+1/t14-/m1/s1. The minimum Gasteiger partial charge on any atom is -0.497 e. The fraction of sp³-hybridized carbons (Fsp3) is 0.300. The number of nitrogens with one attached hydrogen (secondary N) is 3. The molecule has 2 aromatic carbocycles. The van der Waals surface area contributed by atoms with Gasteiger partial charge in [-0.05, 0) is 62.4 Å². The number of quaternary nitrogens is 1. The second kappa shape index (κ2) is 9.68. The van der Waals surface area contributed by atoms with Crippen LogP contribution >= 0.6 is 0 Å². The first-order chi connectivity index (χ1) is 12.9. The number of halogens is 1. The lowest BCUT2D eigenvalue weighted by atomic mass is 10.2. The number of ether oxygens (including phenoxy) is 1. The van der Waals surface area contributed by atoms with Gasteiger partial charge in [-0.15, -0.1) is 0 Å². The second-order valence-electron chi connectivity index (χ2n) is 6.18. The second-order valence-corrected chi connectivity index (χ2v) is 6.18. The quantitative estimate of drug-likeness (QED) is 0.659. The van der Waals surface area contributed by atoms with Gasteiger partial charge in [-0.25, -0.2) is 4.39 Å². The fourth-order valence-electron chi connectivity index (χ4n) is 2.64. The van der Waals surface area contributed by atoms with Crippen LogP contribution in [0.25, 0.3) is 0 Å². The Morgan fingerprint density at radius 2 is 1.59 bits per heavy atom. The highest BCUT2D eigenvalue weighted by Gasteiger charge is 2.26. The van der Waals surface area contributed by atoms with Crippen molar-refractivity contribution in [2.45, 2.75) is 19.9 Å². The highest BCUT2D eigenvalue weighted by Crippen LogP contribution is 2.14. The molecule has 0 saturated carbocycles. The SMILES string of the molecule is CC[NH+](CC(=O)Nc1ccc(OC)cc1)[C@H](C)C(=O)Nc1ccc(F)cc1. The first-order valence-corrected chi connectivity index (χ1v) is 8.77. The van der Waals surface area contributed by atoms with E-state index in [0.29, 0.717) is 23.7 Å². The van der Waals surface area contributed by atoms with Crippen LogP contribution in [0.4, 0.5) is 15.8 Å². The van der Waals surface area contributed by atoms with Crippen molar-refractivity contribution in [1.82, 2.24) is 0 Å². The molecule has 7 heteroatoms. The van der Waals surface area contributed by atoms with E-state index in [9.17, 15) is 14.0 Å². The van der Waals surface area contributed by atoms with E-state index in [1.807, 2.05) is 6.92 Å². The summed E-state index contributed by atoms with van der Waals surface area (Å²) in [5.74, 6) is -0.0638. The molecule has 0 aliphatic heterocycles. The van der Waals surface area contributed by atoms with Gasteiger partial charge in [0, 0.05) is 11.4 Å². The van der Waals surface area contributed by atoms with Crippen LogP contribution < -0.4 is 20.3 Å². The maximum Gasteiger partial charge on any atom is 0.282 e. The summed E-state index contributed by atoms with van der Waals surface area (Å²) in [5, 5.41) is 5.57. The number of anilines is 2. The highest BCUT2D eigenvalue weighted by molar-refractivity contribution is 5.94. The smallest absolute Gasteiger partial charge is 0.282 e. The Morgan fingerprint density at radius 3 is 2.15 bits per heavy atom. The molecule has 0 saturated heterocycles. The molecule has 2 rings (SSSR count). The van der Waals surface area contributed by atoms with E-state index in [0.717, 1.165) is 4.90 Å². The van der Waals surface area contributed by atoms with Crippen LogP contribution in [0.5, 0.6) is 5.75 Å². The Balaban J connectivity index is 1.92. The minimum absolute atomic E-state index is 0.153. The number of amides is 2. The van der Waals surface area contributed by atoms with Crippen molar-refractivity contribution < 1.29 is 23.6 Å². The average Bonchev–Trinajstić information content (AvgIpc) is 2.68. The summed E-state index contributed by atoms with van der Waals surface area (Å²) in [7, 11) is 1.58. The largest absolute Gasteiger partial charge is 0.497 e. The molecule has 6 nitrogen and oxygen atoms in total. The van der Waals surface area contributed by atoms with Crippen LogP contribution in [0.2, 0.25) is 0 Å². The predicted octanol–water partition coefficient (Wildman–Crippen LogP) is 1.70. The van der Waals surface area contributed by atoms with Gasteiger partial charge in [-0.3, -0.25) is 9.59 Å². The maximum absolute atomic E-state index is 13.0. The van der Waals surface area contributed by atoms with E-state index in [-0.39, 0.29) is 24.2 Å². The lowest BCUT2D eigenvalue weighted by Gasteiger charge is -2.23. The molecule has 0 aliphatic carbocycles. The Hall–Kier alpha value is -2.93. The van der Waals surface area contributed by atoms with Crippen molar-refractivity contribution in [2.24, 2.45) is 0 Å². The lowest BCUT2D eigenvalue weighted by molar-refractivity contribution is -0.904. The Labute approximate surface area is 158 Å². The van der Waals surface area contributed by atoms with E-state index in [1.54, 1.807) is 38.3 Å². The molecule has 0 aromatic heterocycles. The van der Waals surface area contributed by atoms with Gasteiger partial charge in [0.15, 0.2) is 12.6 Å². The fourth-order valence-corrected chi connectivity index (χ4v) is 2.64. The van der Waals surface area contributed by atoms with Crippen LogP contribution in [0.15, 0.2) is 48.5 Å². The molecule has 27 heavy (non-hydrogen) atoms. The van der Waals surface area contributed by atoms with Gasteiger partial charge >= 0.3 is 0 Å². The molecule has 0 fully saturated rings. The predicted molar refractivity (Wildman–Crippen MR) is 102 cm³/mol. The van der Waals surface area contributed by atoms with E-state index in [1.165, 1.54) is 24.3 Å². The summed E-state index contributed by atoms with van der Waals surface area (Å²) in [6.07, 6.45) is 0. The van der Waals surface area contributed by atoms with Crippen molar-refractivity contribution in [2.75, 3.05) is 30.8 Å². The molecular formula is C20H25FN3O3+. The van der Waals surface area contributed by atoms with Gasteiger partial charge in [0.1, 0.15) is 11.6 Å². The normalized spacial score (nSPS) is 12.7. The van der Waals surface area contributed by atoms with Crippen LogP contribution in [0, 0.1) is 5.82 Å². The van der Waals surface area contributed by atoms with Crippen LogP contribution in [-0.4, -0.2) is 38.1 Å². The molecule has 0 spiro atoms. The maximum atomic E-state index is 13.0. The number of hydrogen-bond donors (Lipinski definition) is 3. The molecule has 0 bridgehead atoms. The zero-order valence-electron chi connectivity index (χ0n) is 15.7. The zero-order valence-corrected chi connectivity index (χ0v) is 15.7. The number of carbonyl (C=O) groups is 2. The van der Waals surface area contributed by atoms with Gasteiger partial charge in [-0.2, -0.15) is 0 Å². The van der Waals surface area contributed by atoms with Gasteiger partial charge in [-0.1, -0.05) is 0 Å². The molecule has 1 unspecified atom stereocenters. The number of methoxy groups -OCH3 is 1. The van der Waals surface area contributed by atoms with Crippen molar-refractivity contribution in [3.05, 3.63) is 54.3 Å². The van der Waals surface area contributed by atoms with Crippen molar-refractivity contribution in [1.29, 1.82) is 0 Å². The van der Waals surface area contributed by atoms with Gasteiger partial charge in [0.05, 0.1) is 13.7 Å². The van der Waals surface area contributed by atoms with Crippen molar-refractivity contribution in [3.8, 4) is 5.75 Å². The molecular weight excluding hydrogens is 349 g/mol. The zero-order chi connectivity index (χ0) is 19.8. The van der Waals surface area contributed by atoms with E-state index >= 15 is 0 Å². The third-order valence-electron chi connectivity index (χ3n) is 4.33. The molecule has 2 amide bonds.